The van der Waals surface area contributed by atoms with Gasteiger partial charge in [-0.1, -0.05) is 6.07 Å². The Hall–Kier alpha value is -2.15. The number of aromatic nitrogens is 3. The first kappa shape index (κ1) is 9.10. The molecule has 0 unspecified atom stereocenters. The molecule has 16 heavy (non-hydrogen) atoms. The summed E-state index contributed by atoms with van der Waals surface area (Å²) < 4.78 is 12.9. The number of nitrogens with one attached hydrogen (secondary N) is 1. The van der Waals surface area contributed by atoms with Crippen LogP contribution < -0.4 is 11.5 Å². The number of nitrogens with zero attached hydrogens (tertiary/aromatic N) is 2. The second kappa shape index (κ2) is 3.17. The zero-order valence-electron chi connectivity index (χ0n) is 7.93. The Morgan fingerprint density at radius 1 is 1.38 bits per heavy atom. The molecule has 0 bridgehead atoms. The van der Waals surface area contributed by atoms with E-state index in [1.807, 2.05) is 0 Å². The zero-order valence-corrected chi connectivity index (χ0v) is 8.75. The first-order valence-electron chi connectivity index (χ1n) is 4.45. The van der Waals surface area contributed by atoms with Crippen LogP contribution in [-0.2, 0) is 0 Å². The van der Waals surface area contributed by atoms with Crippen molar-refractivity contribution in [2.75, 3.05) is 5.73 Å². The molecule has 0 aliphatic carbocycles. The first-order chi connectivity index (χ1) is 7.74. The van der Waals surface area contributed by atoms with Gasteiger partial charge in [0.25, 0.3) is 0 Å². The molecule has 3 aromatic rings. The minimum atomic E-state index is -0.475. The maximum Gasteiger partial charge on any atom is 0.417 e. The lowest BCUT2D eigenvalue weighted by molar-refractivity contribution is 0.555. The number of nitrogen functional groups attached to an aromatic ring is 1. The highest BCUT2D eigenvalue weighted by molar-refractivity contribution is 6.99. The van der Waals surface area contributed by atoms with Crippen molar-refractivity contribution in [2.45, 2.75) is 0 Å². The van der Waals surface area contributed by atoms with Crippen LogP contribution in [-0.4, -0.2) is 13.7 Å². The molecule has 2 aromatic heterocycles. The molecule has 0 saturated carbocycles. The summed E-state index contributed by atoms with van der Waals surface area (Å²) in [6.45, 7) is 0. The van der Waals surface area contributed by atoms with E-state index in [9.17, 15) is 4.79 Å². The van der Waals surface area contributed by atoms with Crippen LogP contribution >= 0.6 is 11.7 Å². The van der Waals surface area contributed by atoms with Crippen molar-refractivity contribution in [3.63, 3.8) is 0 Å². The quantitative estimate of drug-likeness (QED) is 0.659. The molecule has 0 radical (unpaired) electrons. The Kier molecular flexibility index (Phi) is 1.80. The number of fused-ring (bicyclic) bond motifs is 1. The molecule has 1 aromatic carbocycles. The van der Waals surface area contributed by atoms with Crippen molar-refractivity contribution in [3.8, 4) is 11.3 Å². The Morgan fingerprint density at radius 3 is 3.00 bits per heavy atom. The smallest absolute Gasteiger partial charge is 0.408 e. The number of oxazole rings is 1. The van der Waals surface area contributed by atoms with Gasteiger partial charge in [-0.25, -0.2) is 4.79 Å². The van der Waals surface area contributed by atoms with E-state index in [1.54, 1.807) is 18.2 Å². The number of rotatable bonds is 1. The number of hydrogen-bond acceptors (Lipinski definition) is 6. The van der Waals surface area contributed by atoms with Crippen molar-refractivity contribution in [3.05, 3.63) is 28.7 Å². The average Bonchev–Trinajstić information content (AvgIpc) is 2.81. The summed E-state index contributed by atoms with van der Waals surface area (Å²) in [6, 6.07) is 5.26. The minimum absolute atomic E-state index is 0.377. The normalized spacial score (nSPS) is 11.0. The highest BCUT2D eigenvalue weighted by atomic mass is 32.1. The third-order valence-electron chi connectivity index (χ3n) is 2.21. The van der Waals surface area contributed by atoms with Crippen molar-refractivity contribution in [1.29, 1.82) is 0 Å². The Labute approximate surface area is 93.0 Å². The predicted molar refractivity (Wildman–Crippen MR) is 60.2 cm³/mol. The SMILES string of the molecule is Nc1nsnc1-c1ccc2[nH]c(=O)oc2c1. The van der Waals surface area contributed by atoms with Crippen LogP contribution in [0.25, 0.3) is 22.4 Å². The van der Waals surface area contributed by atoms with Crippen LogP contribution in [0.2, 0.25) is 0 Å². The van der Waals surface area contributed by atoms with Crippen LogP contribution in [0.5, 0.6) is 0 Å². The van der Waals surface area contributed by atoms with Crippen molar-refractivity contribution in [1.82, 2.24) is 13.7 Å². The van der Waals surface area contributed by atoms with Gasteiger partial charge in [-0.3, -0.25) is 4.98 Å². The van der Waals surface area contributed by atoms with Gasteiger partial charge in [-0.2, -0.15) is 8.75 Å². The maximum atomic E-state index is 11.0. The van der Waals surface area contributed by atoms with Gasteiger partial charge in [0.15, 0.2) is 11.4 Å². The topological polar surface area (TPSA) is 97.8 Å². The number of H-pyrrole nitrogens is 1. The fourth-order valence-corrected chi connectivity index (χ4v) is 1.98. The molecule has 2 heterocycles. The average molecular weight is 234 g/mol. The first-order valence-corrected chi connectivity index (χ1v) is 5.18. The van der Waals surface area contributed by atoms with Crippen LogP contribution in [0, 0.1) is 0 Å². The fourth-order valence-electron chi connectivity index (χ4n) is 1.49. The van der Waals surface area contributed by atoms with Crippen LogP contribution in [0.1, 0.15) is 0 Å². The second-order valence-electron chi connectivity index (χ2n) is 3.22. The van der Waals surface area contributed by atoms with Crippen molar-refractivity contribution >= 4 is 28.6 Å². The van der Waals surface area contributed by atoms with E-state index in [-0.39, 0.29) is 0 Å². The zero-order chi connectivity index (χ0) is 11.1. The molecule has 7 heteroatoms. The molecular weight excluding hydrogens is 228 g/mol. The molecule has 3 N–H and O–H groups in total. The summed E-state index contributed by atoms with van der Waals surface area (Å²) in [5.74, 6) is -0.0984. The summed E-state index contributed by atoms with van der Waals surface area (Å²) in [4.78, 5) is 13.5. The third-order valence-corrected chi connectivity index (χ3v) is 2.75. The lowest BCUT2D eigenvalue weighted by Gasteiger charge is -1.96. The predicted octanol–water partition coefficient (Wildman–Crippen LogP) is 1.22. The van der Waals surface area contributed by atoms with Gasteiger partial charge in [-0.05, 0) is 12.1 Å². The molecular formula is C9H6N4O2S. The Bertz CT molecular complexity index is 711. The van der Waals surface area contributed by atoms with Crippen LogP contribution in [0.4, 0.5) is 5.82 Å². The van der Waals surface area contributed by atoms with E-state index >= 15 is 0 Å². The van der Waals surface area contributed by atoms with Crippen molar-refractivity contribution in [2.24, 2.45) is 0 Å². The number of benzene rings is 1. The van der Waals surface area contributed by atoms with Gasteiger partial charge in [-0.15, -0.1) is 0 Å². The molecule has 0 fully saturated rings. The lowest BCUT2D eigenvalue weighted by atomic mass is 10.1. The van der Waals surface area contributed by atoms with E-state index in [2.05, 4.69) is 13.7 Å². The van der Waals surface area contributed by atoms with E-state index in [0.717, 1.165) is 17.3 Å². The summed E-state index contributed by atoms with van der Waals surface area (Å²) in [5, 5.41) is 0. The Balaban J connectivity index is 2.26. The van der Waals surface area contributed by atoms with Crippen LogP contribution in [0.15, 0.2) is 27.4 Å². The molecule has 3 rings (SSSR count). The molecule has 0 aliphatic heterocycles. The van der Waals surface area contributed by atoms with Gasteiger partial charge in [0, 0.05) is 5.56 Å². The van der Waals surface area contributed by atoms with E-state index in [4.69, 9.17) is 10.2 Å². The monoisotopic (exact) mass is 234 g/mol. The lowest BCUT2D eigenvalue weighted by Crippen LogP contribution is -1.92. The van der Waals surface area contributed by atoms with E-state index in [0.29, 0.717) is 22.6 Å². The molecule has 0 saturated heterocycles. The largest absolute Gasteiger partial charge is 0.417 e. The molecule has 0 atom stereocenters. The highest BCUT2D eigenvalue weighted by Crippen LogP contribution is 2.25. The summed E-state index contributed by atoms with van der Waals surface area (Å²) in [6.07, 6.45) is 0. The number of aromatic amines is 1. The standard InChI is InChI=1S/C9H6N4O2S/c10-8-7(12-16-13-8)4-1-2-5-6(3-4)15-9(14)11-5/h1-3H,(H2,10,13)(H,11,14). The van der Waals surface area contributed by atoms with Gasteiger partial charge in [0.2, 0.25) is 0 Å². The number of anilines is 1. The van der Waals surface area contributed by atoms with E-state index < -0.39 is 5.76 Å². The fraction of sp³-hybridized carbons (Fsp3) is 0. The van der Waals surface area contributed by atoms with Crippen molar-refractivity contribution < 1.29 is 4.42 Å². The van der Waals surface area contributed by atoms with Gasteiger partial charge in [0.1, 0.15) is 5.69 Å². The molecule has 0 aliphatic rings. The van der Waals surface area contributed by atoms with E-state index in [1.165, 1.54) is 0 Å². The summed E-state index contributed by atoms with van der Waals surface area (Å²) >= 11 is 1.05. The Morgan fingerprint density at radius 2 is 2.25 bits per heavy atom. The molecule has 80 valence electrons. The molecule has 0 amide bonds. The molecule has 0 spiro atoms. The number of hydrogen-bond donors (Lipinski definition) is 2. The van der Waals surface area contributed by atoms with Gasteiger partial charge >= 0.3 is 5.76 Å². The second-order valence-corrected chi connectivity index (χ2v) is 3.75. The molecule has 6 nitrogen and oxygen atoms in total. The minimum Gasteiger partial charge on any atom is -0.408 e. The van der Waals surface area contributed by atoms with Gasteiger partial charge < -0.3 is 10.2 Å². The summed E-state index contributed by atoms with van der Waals surface area (Å²) in [7, 11) is 0. The third kappa shape index (κ3) is 1.29. The highest BCUT2D eigenvalue weighted by Gasteiger charge is 2.09. The van der Waals surface area contributed by atoms with Crippen LogP contribution in [0.3, 0.4) is 0 Å². The maximum absolute atomic E-state index is 11.0. The van der Waals surface area contributed by atoms with Gasteiger partial charge in [0.05, 0.1) is 17.2 Å². The number of nitrogens with two attached hydrogens (primary N) is 1. The summed E-state index contributed by atoms with van der Waals surface area (Å²) in [5.41, 5.74) is 8.17.